The van der Waals surface area contributed by atoms with Gasteiger partial charge in [0.25, 0.3) is 0 Å². The van der Waals surface area contributed by atoms with Crippen molar-refractivity contribution < 1.29 is 0 Å². The van der Waals surface area contributed by atoms with Crippen LogP contribution >= 0.6 is 0 Å². The number of nitrogens with zero attached hydrogens (tertiary/aromatic N) is 1. The number of hydrogen-bond acceptors (Lipinski definition) is 0. The fourth-order valence-corrected chi connectivity index (χ4v) is 12.8. The lowest BCUT2D eigenvalue weighted by molar-refractivity contribution is 0.809. The molecule has 0 bridgehead atoms. The first kappa shape index (κ1) is 36.1. The molecule has 0 amide bonds. The van der Waals surface area contributed by atoms with Gasteiger partial charge < -0.3 is 4.57 Å². The summed E-state index contributed by atoms with van der Waals surface area (Å²) in [6.45, 7) is 0. The van der Waals surface area contributed by atoms with Gasteiger partial charge in [0.2, 0.25) is 0 Å². The first-order valence-electron chi connectivity index (χ1n) is 23.4. The summed E-state index contributed by atoms with van der Waals surface area (Å²) >= 11 is 0. The second-order valence-electron chi connectivity index (χ2n) is 18.5. The van der Waals surface area contributed by atoms with Crippen LogP contribution in [0.15, 0.2) is 224 Å². The maximum atomic E-state index is 2.47. The molecule has 15 rings (SSSR count). The van der Waals surface area contributed by atoms with E-state index in [-0.39, 0.29) is 0 Å². The van der Waals surface area contributed by atoms with Gasteiger partial charge in [0, 0.05) is 16.5 Å². The quantitative estimate of drug-likeness (QED) is 0.156. The van der Waals surface area contributed by atoms with Gasteiger partial charge in [0.1, 0.15) is 0 Å². The van der Waals surface area contributed by atoms with Gasteiger partial charge in [-0.3, -0.25) is 0 Å². The lowest BCUT2D eigenvalue weighted by atomic mass is 9.68. The molecule has 0 saturated heterocycles. The van der Waals surface area contributed by atoms with E-state index >= 15 is 0 Å². The van der Waals surface area contributed by atoms with Crippen LogP contribution in [0.3, 0.4) is 0 Å². The van der Waals surface area contributed by atoms with E-state index < -0.39 is 5.41 Å². The molecular formula is C65H41N. The smallest absolute Gasteiger partial charge is 0.0737 e. The van der Waals surface area contributed by atoms with Crippen molar-refractivity contribution >= 4 is 70.6 Å². The molecule has 1 nitrogen and oxygen atoms in total. The van der Waals surface area contributed by atoms with Crippen LogP contribution in [0.5, 0.6) is 0 Å². The summed E-state index contributed by atoms with van der Waals surface area (Å²) in [5.74, 6) is 0. The Balaban J connectivity index is 0.974. The predicted octanol–water partition coefficient (Wildman–Crippen LogP) is 17.3. The zero-order chi connectivity index (χ0) is 43.1. The van der Waals surface area contributed by atoms with Crippen molar-refractivity contribution in [3.8, 4) is 44.5 Å². The molecule has 0 fully saturated rings. The second-order valence-corrected chi connectivity index (χ2v) is 18.5. The monoisotopic (exact) mass is 835 g/mol. The van der Waals surface area contributed by atoms with Crippen molar-refractivity contribution in [3.05, 3.63) is 247 Å². The lowest BCUT2D eigenvalue weighted by Gasteiger charge is -2.32. The minimum absolute atomic E-state index is 0.460. The minimum Gasteiger partial charge on any atom is -0.310 e. The molecule has 0 radical (unpaired) electrons. The summed E-state index contributed by atoms with van der Waals surface area (Å²) in [5.41, 5.74) is 19.2. The third kappa shape index (κ3) is 4.64. The third-order valence-electron chi connectivity index (χ3n) is 15.4. The highest BCUT2D eigenvalue weighted by Crippen LogP contribution is 2.65. The van der Waals surface area contributed by atoms with Gasteiger partial charge in [0.15, 0.2) is 0 Å². The van der Waals surface area contributed by atoms with Crippen LogP contribution in [0.2, 0.25) is 0 Å². The Morgan fingerprint density at radius 1 is 0.348 bits per heavy atom. The molecule has 0 saturated carbocycles. The Morgan fingerprint density at radius 2 is 0.864 bits per heavy atom. The Hall–Kier alpha value is -8.26. The van der Waals surface area contributed by atoms with Gasteiger partial charge in [-0.05, 0) is 153 Å². The number of hydrogen-bond donors (Lipinski definition) is 0. The van der Waals surface area contributed by atoms with Crippen molar-refractivity contribution in [1.82, 2.24) is 4.57 Å². The molecule has 1 heteroatoms. The molecule has 0 unspecified atom stereocenters. The maximum absolute atomic E-state index is 2.47. The summed E-state index contributed by atoms with van der Waals surface area (Å²) in [5, 5.41) is 12.8. The largest absolute Gasteiger partial charge is 0.310 e. The van der Waals surface area contributed by atoms with Crippen LogP contribution in [0.25, 0.3) is 115 Å². The van der Waals surface area contributed by atoms with Crippen LogP contribution in [-0.4, -0.2) is 4.57 Å². The highest BCUT2D eigenvalue weighted by atomic mass is 15.0. The van der Waals surface area contributed by atoms with Gasteiger partial charge in [-0.15, -0.1) is 0 Å². The second kappa shape index (κ2) is 13.4. The molecular weight excluding hydrogens is 795 g/mol. The molecule has 1 heterocycles. The topological polar surface area (TPSA) is 4.93 Å². The Kier molecular flexibility index (Phi) is 7.33. The number of rotatable bonds is 3. The van der Waals surface area contributed by atoms with E-state index in [0.717, 1.165) is 12.8 Å². The van der Waals surface area contributed by atoms with Crippen LogP contribution in [-0.2, 0) is 5.41 Å². The number of allylic oxidation sites excluding steroid dienone is 4. The summed E-state index contributed by atoms with van der Waals surface area (Å²) in [6, 6.07) is 78.4. The standard InChI is InChI=1S/C65H41N/c1-2-17-44(18-3-1)66-59-29-15-12-22-49(59)56-39-43(33-37-60(56)66)62-52-25-8-6-23-50(52)61(51-24-7-9-26-53(51)62)42-32-34-46-41(38-42)31-36-55-54-35-30-40-16-4-5-19-45(40)63(54)65(64(46)55)57-27-13-10-20-47(57)48-21-11-14-28-58(48)65/h2,4-39H,1,3H2. The van der Waals surface area contributed by atoms with Gasteiger partial charge in [0.05, 0.1) is 16.4 Å². The summed E-state index contributed by atoms with van der Waals surface area (Å²) in [6.07, 6.45) is 9.13. The van der Waals surface area contributed by atoms with E-state index in [9.17, 15) is 0 Å². The van der Waals surface area contributed by atoms with Gasteiger partial charge >= 0.3 is 0 Å². The molecule has 0 aliphatic heterocycles. The number of fused-ring (bicyclic) bond motifs is 19. The molecule has 0 atom stereocenters. The summed E-state index contributed by atoms with van der Waals surface area (Å²) in [7, 11) is 0. The normalized spacial score (nSPS) is 14.4. The molecule has 1 spiro atoms. The first-order valence-corrected chi connectivity index (χ1v) is 23.4. The van der Waals surface area contributed by atoms with E-state index in [1.165, 1.54) is 137 Å². The lowest BCUT2D eigenvalue weighted by Crippen LogP contribution is -2.26. The maximum Gasteiger partial charge on any atom is 0.0737 e. The average molecular weight is 836 g/mol. The van der Waals surface area contributed by atoms with E-state index in [1.807, 2.05) is 0 Å². The summed E-state index contributed by atoms with van der Waals surface area (Å²) < 4.78 is 2.45. The Bertz CT molecular complexity index is 4070. The van der Waals surface area contributed by atoms with E-state index in [4.69, 9.17) is 0 Å². The van der Waals surface area contributed by atoms with Crippen LogP contribution in [0, 0.1) is 0 Å². The SMILES string of the molecule is C1=CC(n2c3ccccc3c3cc(-c4c5ccccc5c(-c5ccc6c7c(ccc6c5)-c5ccc6ccccc6c5C75c6ccccc6-c6ccccc65)c5ccccc45)ccc32)=CCC1. The van der Waals surface area contributed by atoms with Gasteiger partial charge in [-0.25, -0.2) is 0 Å². The highest BCUT2D eigenvalue weighted by molar-refractivity contribution is 6.23. The highest BCUT2D eigenvalue weighted by Gasteiger charge is 2.53. The van der Waals surface area contributed by atoms with E-state index in [1.54, 1.807) is 0 Å². The van der Waals surface area contributed by atoms with Crippen molar-refractivity contribution in [1.29, 1.82) is 0 Å². The van der Waals surface area contributed by atoms with Crippen LogP contribution < -0.4 is 0 Å². The van der Waals surface area contributed by atoms with Crippen molar-refractivity contribution in [2.45, 2.75) is 18.3 Å². The Labute approximate surface area is 382 Å². The zero-order valence-electron chi connectivity index (χ0n) is 36.2. The molecule has 12 aromatic rings. The van der Waals surface area contributed by atoms with Crippen molar-refractivity contribution in [3.63, 3.8) is 0 Å². The molecule has 66 heavy (non-hydrogen) atoms. The number of para-hydroxylation sites is 1. The zero-order valence-corrected chi connectivity index (χ0v) is 36.2. The van der Waals surface area contributed by atoms with E-state index in [0.29, 0.717) is 0 Å². The number of benzene rings is 11. The third-order valence-corrected chi connectivity index (χ3v) is 15.4. The molecule has 3 aliphatic carbocycles. The van der Waals surface area contributed by atoms with Crippen molar-refractivity contribution in [2.24, 2.45) is 0 Å². The van der Waals surface area contributed by atoms with E-state index in [2.05, 4.69) is 229 Å². The average Bonchev–Trinajstić information content (AvgIpc) is 4.00. The van der Waals surface area contributed by atoms with Crippen molar-refractivity contribution in [2.75, 3.05) is 0 Å². The van der Waals surface area contributed by atoms with Gasteiger partial charge in [-0.2, -0.15) is 0 Å². The fraction of sp³-hybridized carbons (Fsp3) is 0.0462. The van der Waals surface area contributed by atoms with Crippen LogP contribution in [0.4, 0.5) is 0 Å². The fourth-order valence-electron chi connectivity index (χ4n) is 12.8. The first-order chi connectivity index (χ1) is 32.8. The van der Waals surface area contributed by atoms with Crippen LogP contribution in [0.1, 0.15) is 35.1 Å². The van der Waals surface area contributed by atoms with Gasteiger partial charge in [-0.1, -0.05) is 194 Å². The molecule has 11 aromatic carbocycles. The minimum atomic E-state index is -0.460. The molecule has 3 aliphatic rings. The predicted molar refractivity (Wildman–Crippen MR) is 279 cm³/mol. The number of aromatic nitrogens is 1. The molecule has 0 N–H and O–H groups in total. The summed E-state index contributed by atoms with van der Waals surface area (Å²) in [4.78, 5) is 0. The Morgan fingerprint density at radius 3 is 1.52 bits per heavy atom. The molecule has 306 valence electrons. The molecule has 1 aromatic heterocycles.